The lowest BCUT2D eigenvalue weighted by Crippen LogP contribution is -2.40. The Bertz CT molecular complexity index is 1020. The van der Waals surface area contributed by atoms with Gasteiger partial charge in [0, 0.05) is 0 Å². The SMILES string of the molecule is CN[B][C@@H]1O[C@H](COC(c2ccccc2)(c2ccc(CO)cc2)c2ccc(OC)cc2)C(O)[C@@H]1O. The van der Waals surface area contributed by atoms with Crippen molar-refractivity contribution in [2.45, 2.75) is 36.5 Å². The largest absolute Gasteiger partial charge is 0.497 e. The number of ether oxygens (including phenoxy) is 3. The summed E-state index contributed by atoms with van der Waals surface area (Å²) in [5.74, 6) is 0.717. The van der Waals surface area contributed by atoms with E-state index in [1.165, 1.54) is 0 Å². The molecule has 1 fully saturated rings. The Morgan fingerprint density at radius 3 is 2.06 bits per heavy atom. The van der Waals surface area contributed by atoms with Crippen LogP contribution < -0.4 is 9.96 Å². The van der Waals surface area contributed by atoms with Crippen LogP contribution in [-0.4, -0.2) is 67.8 Å². The fraction of sp³-hybridized carbons (Fsp3) is 0.333. The molecule has 1 aliphatic heterocycles. The van der Waals surface area contributed by atoms with Gasteiger partial charge in [0.15, 0.2) is 0 Å². The minimum absolute atomic E-state index is 0.0228. The van der Waals surface area contributed by atoms with Gasteiger partial charge in [-0.15, -0.1) is 0 Å². The van der Waals surface area contributed by atoms with Crippen molar-refractivity contribution in [1.82, 2.24) is 5.23 Å². The third kappa shape index (κ3) is 5.13. The number of methoxy groups -OCH3 is 1. The maximum Gasteiger partial charge on any atom is 0.244 e. The molecule has 1 saturated heterocycles. The van der Waals surface area contributed by atoms with E-state index in [1.54, 1.807) is 21.6 Å². The first-order valence-electron chi connectivity index (χ1n) is 11.6. The molecule has 1 aliphatic rings. The van der Waals surface area contributed by atoms with Gasteiger partial charge in [-0.2, -0.15) is 0 Å². The number of nitrogens with one attached hydrogen (secondary N) is 1. The zero-order chi connectivity index (χ0) is 24.8. The molecule has 8 heteroatoms. The zero-order valence-electron chi connectivity index (χ0n) is 19.9. The average Bonchev–Trinajstić information content (AvgIpc) is 3.18. The first-order valence-corrected chi connectivity index (χ1v) is 11.6. The first-order chi connectivity index (χ1) is 17.0. The molecule has 0 spiro atoms. The Balaban J connectivity index is 1.79. The van der Waals surface area contributed by atoms with E-state index >= 15 is 0 Å². The maximum atomic E-state index is 10.7. The molecule has 4 N–H and O–H groups in total. The maximum absolute atomic E-state index is 10.7. The second-order valence-electron chi connectivity index (χ2n) is 8.52. The second-order valence-corrected chi connectivity index (χ2v) is 8.52. The Morgan fingerprint density at radius 1 is 0.886 bits per heavy atom. The molecule has 0 bridgehead atoms. The van der Waals surface area contributed by atoms with Gasteiger partial charge in [-0.3, -0.25) is 0 Å². The molecule has 7 nitrogen and oxygen atoms in total. The van der Waals surface area contributed by atoms with Crippen molar-refractivity contribution in [2.24, 2.45) is 0 Å². The summed E-state index contributed by atoms with van der Waals surface area (Å²) in [7, 11) is 4.94. The number of hydrogen-bond donors (Lipinski definition) is 4. The summed E-state index contributed by atoms with van der Waals surface area (Å²) >= 11 is 0. The van der Waals surface area contributed by atoms with E-state index in [0.717, 1.165) is 28.0 Å². The fourth-order valence-corrected chi connectivity index (χ4v) is 4.52. The summed E-state index contributed by atoms with van der Waals surface area (Å²) in [6.07, 6.45) is -2.91. The summed E-state index contributed by atoms with van der Waals surface area (Å²) in [4.78, 5) is 0. The van der Waals surface area contributed by atoms with Gasteiger partial charge in [0.05, 0.1) is 26.3 Å². The molecule has 3 aromatic rings. The Hall–Kier alpha value is -2.72. The monoisotopic (exact) mass is 476 g/mol. The zero-order valence-corrected chi connectivity index (χ0v) is 19.9. The Kier molecular flexibility index (Phi) is 8.23. The van der Waals surface area contributed by atoms with Crippen molar-refractivity contribution >= 4 is 7.41 Å². The molecule has 183 valence electrons. The van der Waals surface area contributed by atoms with Gasteiger partial charge in [0.1, 0.15) is 29.7 Å². The van der Waals surface area contributed by atoms with Crippen LogP contribution in [0.25, 0.3) is 0 Å². The molecule has 0 saturated carbocycles. The van der Waals surface area contributed by atoms with Crippen LogP contribution in [0.15, 0.2) is 78.9 Å². The predicted molar refractivity (Wildman–Crippen MR) is 133 cm³/mol. The lowest BCUT2D eigenvalue weighted by Gasteiger charge is -2.37. The van der Waals surface area contributed by atoms with E-state index < -0.39 is 29.9 Å². The van der Waals surface area contributed by atoms with Crippen molar-refractivity contribution in [1.29, 1.82) is 0 Å². The van der Waals surface area contributed by atoms with Gasteiger partial charge in [0.25, 0.3) is 0 Å². The minimum Gasteiger partial charge on any atom is -0.497 e. The number of benzene rings is 3. The van der Waals surface area contributed by atoms with Gasteiger partial charge in [-0.1, -0.05) is 66.7 Å². The molecule has 4 rings (SSSR count). The van der Waals surface area contributed by atoms with Crippen molar-refractivity contribution < 1.29 is 29.5 Å². The normalized spacial score (nSPS) is 23.6. The predicted octanol–water partition coefficient (Wildman–Crippen LogP) is 1.78. The van der Waals surface area contributed by atoms with E-state index in [9.17, 15) is 15.3 Å². The molecule has 0 aromatic heterocycles. The minimum atomic E-state index is -1.11. The summed E-state index contributed by atoms with van der Waals surface area (Å²) in [6, 6.07) is 24.4. The fourth-order valence-electron chi connectivity index (χ4n) is 4.52. The van der Waals surface area contributed by atoms with E-state index in [0.29, 0.717) is 0 Å². The van der Waals surface area contributed by atoms with Gasteiger partial charge in [0.2, 0.25) is 7.41 Å². The highest BCUT2D eigenvalue weighted by atomic mass is 16.6. The molecule has 35 heavy (non-hydrogen) atoms. The smallest absolute Gasteiger partial charge is 0.244 e. The van der Waals surface area contributed by atoms with Crippen LogP contribution in [0.5, 0.6) is 5.75 Å². The number of rotatable bonds is 10. The summed E-state index contributed by atoms with van der Waals surface area (Å²) < 4.78 is 18.0. The van der Waals surface area contributed by atoms with Crippen molar-refractivity contribution in [3.63, 3.8) is 0 Å². The van der Waals surface area contributed by atoms with Crippen LogP contribution in [0.3, 0.4) is 0 Å². The van der Waals surface area contributed by atoms with Crippen LogP contribution in [-0.2, 0) is 21.7 Å². The van der Waals surface area contributed by atoms with Gasteiger partial charge in [-0.25, -0.2) is 0 Å². The molecule has 2 unspecified atom stereocenters. The van der Waals surface area contributed by atoms with Crippen molar-refractivity contribution in [3.8, 4) is 5.75 Å². The number of aliphatic hydroxyl groups excluding tert-OH is 3. The lowest BCUT2D eigenvalue weighted by atomic mass is 9.79. The van der Waals surface area contributed by atoms with E-state index in [1.807, 2.05) is 78.9 Å². The first kappa shape index (κ1) is 25.4. The van der Waals surface area contributed by atoms with Crippen LogP contribution in [0.1, 0.15) is 22.3 Å². The van der Waals surface area contributed by atoms with E-state index in [4.69, 9.17) is 14.2 Å². The van der Waals surface area contributed by atoms with Crippen LogP contribution >= 0.6 is 0 Å². The molecule has 1 heterocycles. The van der Waals surface area contributed by atoms with Crippen LogP contribution in [0.2, 0.25) is 0 Å². The number of hydrogen-bond acceptors (Lipinski definition) is 7. The third-order valence-corrected chi connectivity index (χ3v) is 6.41. The molecule has 3 aromatic carbocycles. The molecular weight excluding hydrogens is 445 g/mol. The molecule has 0 amide bonds. The summed E-state index contributed by atoms with van der Waals surface area (Å²) in [5.41, 5.74) is 2.31. The second kappa shape index (κ2) is 11.3. The molecule has 1 radical (unpaired) electrons. The standard InChI is InChI=1S/C27H31BNO6/c1-29-28-26-25(32)24(31)23(35-26)17-34-27(19-6-4-3-5-7-19,20-10-8-18(16-30)9-11-20)21-12-14-22(33-2)15-13-21/h3-15,23-26,29-32H,16-17H2,1-2H3/t23-,24?,25+,26-,27?/m1/s1. The highest BCUT2D eigenvalue weighted by Gasteiger charge is 2.45. The van der Waals surface area contributed by atoms with Gasteiger partial charge < -0.3 is 34.8 Å². The van der Waals surface area contributed by atoms with Crippen LogP contribution in [0.4, 0.5) is 0 Å². The van der Waals surface area contributed by atoms with Gasteiger partial charge in [-0.05, 0) is 41.4 Å². The van der Waals surface area contributed by atoms with Crippen molar-refractivity contribution in [2.75, 3.05) is 20.8 Å². The topological polar surface area (TPSA) is 100 Å². The lowest BCUT2D eigenvalue weighted by molar-refractivity contribution is -0.0755. The van der Waals surface area contributed by atoms with Crippen LogP contribution in [0, 0.1) is 0 Å². The van der Waals surface area contributed by atoms with Gasteiger partial charge >= 0.3 is 0 Å². The quantitative estimate of drug-likeness (QED) is 0.262. The Morgan fingerprint density at radius 2 is 1.49 bits per heavy atom. The number of aliphatic hydroxyl groups is 3. The molecule has 0 aliphatic carbocycles. The molecular formula is C27H31BNO6. The highest BCUT2D eigenvalue weighted by Crippen LogP contribution is 2.42. The summed E-state index contributed by atoms with van der Waals surface area (Å²) in [6.45, 7) is -0.0414. The highest BCUT2D eigenvalue weighted by molar-refractivity contribution is 6.34. The summed E-state index contributed by atoms with van der Waals surface area (Å²) in [5, 5.41) is 33.5. The van der Waals surface area contributed by atoms with Crippen molar-refractivity contribution in [3.05, 3.63) is 101 Å². The Labute approximate surface area is 206 Å². The third-order valence-electron chi connectivity index (χ3n) is 6.41. The van der Waals surface area contributed by atoms with E-state index in [2.05, 4.69) is 5.23 Å². The van der Waals surface area contributed by atoms with E-state index in [-0.39, 0.29) is 13.2 Å². The molecule has 5 atom stereocenters. The average molecular weight is 476 g/mol.